The van der Waals surface area contributed by atoms with Crippen LogP contribution >= 0.6 is 0 Å². The van der Waals surface area contributed by atoms with Crippen LogP contribution in [0.25, 0.3) is 0 Å². The van der Waals surface area contributed by atoms with Crippen LogP contribution in [0.1, 0.15) is 52.9 Å². The Morgan fingerprint density at radius 2 is 2.00 bits per heavy atom. The number of ether oxygens (including phenoxy) is 1. The van der Waals surface area contributed by atoms with E-state index >= 15 is 0 Å². The summed E-state index contributed by atoms with van der Waals surface area (Å²) < 4.78 is 19.4. The highest BCUT2D eigenvalue weighted by atomic mass is 19.1. The fourth-order valence-corrected chi connectivity index (χ4v) is 3.46. The fourth-order valence-electron chi connectivity index (χ4n) is 3.46. The van der Waals surface area contributed by atoms with E-state index in [1.165, 1.54) is 44.2 Å². The number of nitrogens with one attached hydrogen (secondary N) is 1. The average molecular weight is 336 g/mol. The number of nitrogens with zero attached hydrogens (tertiary/aromatic N) is 1. The van der Waals surface area contributed by atoms with Gasteiger partial charge >= 0.3 is 0 Å². The van der Waals surface area contributed by atoms with Crippen LogP contribution in [0.4, 0.5) is 10.1 Å². The molecule has 0 amide bonds. The standard InChI is InChI=1S/C20H33FN2O/c1-4-23(13-12-22-15-17-8-6-5-7-9-17)19-11-10-18(21)14-20(19)24-16(2)3/h10-11,14,16-17,22H,4-9,12-13,15H2,1-3H3. The van der Waals surface area contributed by atoms with Gasteiger partial charge in [-0.2, -0.15) is 0 Å². The van der Waals surface area contributed by atoms with E-state index in [1.807, 2.05) is 19.9 Å². The Balaban J connectivity index is 1.88. The summed E-state index contributed by atoms with van der Waals surface area (Å²) in [5, 5.41) is 3.60. The monoisotopic (exact) mass is 336 g/mol. The molecule has 0 saturated heterocycles. The lowest BCUT2D eigenvalue weighted by Gasteiger charge is -2.27. The molecule has 24 heavy (non-hydrogen) atoms. The first-order chi connectivity index (χ1) is 11.6. The molecule has 1 fully saturated rings. The first kappa shape index (κ1) is 19.0. The zero-order valence-corrected chi connectivity index (χ0v) is 15.5. The minimum absolute atomic E-state index is 0.0358. The van der Waals surface area contributed by atoms with Crippen LogP contribution in [0.5, 0.6) is 5.75 Å². The van der Waals surface area contributed by atoms with Gasteiger partial charge in [0.15, 0.2) is 0 Å². The van der Waals surface area contributed by atoms with Crippen LogP contribution in [-0.2, 0) is 0 Å². The van der Waals surface area contributed by atoms with Crippen molar-refractivity contribution in [1.29, 1.82) is 0 Å². The predicted molar refractivity (Wildman–Crippen MR) is 99.5 cm³/mol. The van der Waals surface area contributed by atoms with Crippen molar-refractivity contribution in [3.05, 3.63) is 24.0 Å². The molecule has 0 unspecified atom stereocenters. The summed E-state index contributed by atoms with van der Waals surface area (Å²) >= 11 is 0. The summed E-state index contributed by atoms with van der Waals surface area (Å²) in [4.78, 5) is 2.25. The predicted octanol–water partition coefficient (Wildman–Crippen LogP) is 4.61. The minimum atomic E-state index is -0.249. The van der Waals surface area contributed by atoms with Crippen molar-refractivity contribution in [3.63, 3.8) is 0 Å². The van der Waals surface area contributed by atoms with E-state index in [4.69, 9.17) is 4.74 Å². The van der Waals surface area contributed by atoms with Crippen LogP contribution < -0.4 is 15.0 Å². The number of rotatable bonds is 9. The number of hydrogen-bond acceptors (Lipinski definition) is 3. The van der Waals surface area contributed by atoms with Gasteiger partial charge < -0.3 is 15.0 Å². The Morgan fingerprint density at radius 3 is 2.67 bits per heavy atom. The molecule has 0 atom stereocenters. The molecule has 1 saturated carbocycles. The number of halogens is 1. The lowest BCUT2D eigenvalue weighted by atomic mass is 9.89. The van der Waals surface area contributed by atoms with Crippen LogP contribution in [0.2, 0.25) is 0 Å². The second-order valence-corrected chi connectivity index (χ2v) is 7.07. The number of anilines is 1. The Kier molecular flexibility index (Phi) is 7.83. The number of hydrogen-bond donors (Lipinski definition) is 1. The first-order valence-electron chi connectivity index (χ1n) is 9.52. The summed E-state index contributed by atoms with van der Waals surface area (Å²) in [6.07, 6.45) is 6.96. The molecule has 136 valence electrons. The van der Waals surface area contributed by atoms with Gasteiger partial charge in [-0.15, -0.1) is 0 Å². The van der Waals surface area contributed by atoms with E-state index in [-0.39, 0.29) is 11.9 Å². The summed E-state index contributed by atoms with van der Waals surface area (Å²) in [5.41, 5.74) is 0.979. The molecule has 2 rings (SSSR count). The van der Waals surface area contributed by atoms with Crippen molar-refractivity contribution in [1.82, 2.24) is 5.32 Å². The zero-order valence-electron chi connectivity index (χ0n) is 15.5. The fraction of sp³-hybridized carbons (Fsp3) is 0.700. The smallest absolute Gasteiger partial charge is 0.145 e. The zero-order chi connectivity index (χ0) is 17.4. The Morgan fingerprint density at radius 1 is 1.25 bits per heavy atom. The van der Waals surface area contributed by atoms with Gasteiger partial charge in [0.25, 0.3) is 0 Å². The first-order valence-corrected chi connectivity index (χ1v) is 9.52. The molecule has 1 aliphatic carbocycles. The Hall–Kier alpha value is -1.29. The van der Waals surface area contributed by atoms with Gasteiger partial charge in [-0.05, 0) is 58.2 Å². The van der Waals surface area contributed by atoms with Gasteiger partial charge in [0.1, 0.15) is 11.6 Å². The summed E-state index contributed by atoms with van der Waals surface area (Å²) in [5.74, 6) is 1.24. The van der Waals surface area contributed by atoms with E-state index in [0.29, 0.717) is 5.75 Å². The molecule has 1 aliphatic rings. The van der Waals surface area contributed by atoms with E-state index in [0.717, 1.165) is 37.8 Å². The largest absolute Gasteiger partial charge is 0.489 e. The van der Waals surface area contributed by atoms with Crippen molar-refractivity contribution in [2.45, 2.75) is 59.0 Å². The molecule has 0 radical (unpaired) electrons. The summed E-state index contributed by atoms with van der Waals surface area (Å²) in [6, 6.07) is 4.84. The maximum atomic E-state index is 13.6. The minimum Gasteiger partial charge on any atom is -0.489 e. The Bertz CT molecular complexity index is 487. The van der Waals surface area contributed by atoms with Crippen LogP contribution in [0.3, 0.4) is 0 Å². The van der Waals surface area contributed by atoms with Gasteiger partial charge in [0.2, 0.25) is 0 Å². The summed E-state index contributed by atoms with van der Waals surface area (Å²) in [7, 11) is 0. The third-order valence-corrected chi connectivity index (χ3v) is 4.72. The van der Waals surface area contributed by atoms with Crippen LogP contribution in [0.15, 0.2) is 18.2 Å². The molecule has 4 heteroatoms. The molecule has 1 aromatic rings. The molecule has 0 heterocycles. The highest BCUT2D eigenvalue weighted by Crippen LogP contribution is 2.30. The van der Waals surface area contributed by atoms with Crippen LogP contribution in [0, 0.1) is 11.7 Å². The van der Waals surface area contributed by atoms with Crippen molar-refractivity contribution in [2.75, 3.05) is 31.1 Å². The number of benzene rings is 1. The quantitative estimate of drug-likeness (QED) is 0.667. The van der Waals surface area contributed by atoms with Gasteiger partial charge in [-0.3, -0.25) is 0 Å². The lowest BCUT2D eigenvalue weighted by Crippen LogP contribution is -2.34. The van der Waals surface area contributed by atoms with Gasteiger partial charge in [0.05, 0.1) is 11.8 Å². The van der Waals surface area contributed by atoms with Gasteiger partial charge in [0, 0.05) is 25.7 Å². The molecular formula is C20H33FN2O. The summed E-state index contributed by atoms with van der Waals surface area (Å²) in [6.45, 7) is 9.92. The molecule has 0 spiro atoms. The topological polar surface area (TPSA) is 24.5 Å². The SMILES string of the molecule is CCN(CCNCC1CCCCC1)c1ccc(F)cc1OC(C)C. The van der Waals surface area contributed by atoms with E-state index < -0.39 is 0 Å². The maximum absolute atomic E-state index is 13.6. The lowest BCUT2D eigenvalue weighted by molar-refractivity contribution is 0.242. The molecule has 3 nitrogen and oxygen atoms in total. The van der Waals surface area contributed by atoms with Gasteiger partial charge in [-0.1, -0.05) is 19.3 Å². The van der Waals surface area contributed by atoms with Crippen molar-refractivity contribution >= 4 is 5.69 Å². The van der Waals surface area contributed by atoms with Gasteiger partial charge in [-0.25, -0.2) is 4.39 Å². The van der Waals surface area contributed by atoms with E-state index in [2.05, 4.69) is 17.1 Å². The van der Waals surface area contributed by atoms with Crippen molar-refractivity contribution < 1.29 is 9.13 Å². The molecular weight excluding hydrogens is 303 g/mol. The highest BCUT2D eigenvalue weighted by Gasteiger charge is 2.15. The van der Waals surface area contributed by atoms with Crippen LogP contribution in [-0.4, -0.2) is 32.3 Å². The normalized spacial score (nSPS) is 15.7. The molecule has 1 aromatic carbocycles. The molecule has 1 N–H and O–H groups in total. The molecule has 0 aliphatic heterocycles. The molecule has 0 aromatic heterocycles. The Labute approximate surface area is 146 Å². The van der Waals surface area contributed by atoms with E-state index in [9.17, 15) is 4.39 Å². The van der Waals surface area contributed by atoms with Crippen molar-refractivity contribution in [3.8, 4) is 5.75 Å². The third-order valence-electron chi connectivity index (χ3n) is 4.72. The van der Waals surface area contributed by atoms with E-state index in [1.54, 1.807) is 0 Å². The highest BCUT2D eigenvalue weighted by molar-refractivity contribution is 5.58. The molecule has 0 bridgehead atoms. The second-order valence-electron chi connectivity index (χ2n) is 7.07. The third kappa shape index (κ3) is 5.97. The average Bonchev–Trinajstić information content (AvgIpc) is 2.56. The second kappa shape index (κ2) is 9.87. The number of likely N-dealkylation sites (N-methyl/N-ethyl adjacent to an activating group) is 1. The van der Waals surface area contributed by atoms with Crippen molar-refractivity contribution in [2.24, 2.45) is 5.92 Å². The maximum Gasteiger partial charge on any atom is 0.145 e.